The van der Waals surface area contributed by atoms with E-state index < -0.39 is 0 Å². The van der Waals surface area contributed by atoms with Crippen LogP contribution in [-0.2, 0) is 4.79 Å². The second-order valence-electron chi connectivity index (χ2n) is 6.92. The second-order valence-corrected chi connectivity index (χ2v) is 6.92. The summed E-state index contributed by atoms with van der Waals surface area (Å²) in [5.74, 6) is 2.20. The van der Waals surface area contributed by atoms with Crippen LogP contribution in [0.15, 0.2) is 0 Å². The smallest absolute Gasteiger partial charge is 0.223 e. The van der Waals surface area contributed by atoms with Crippen molar-refractivity contribution in [3.63, 3.8) is 0 Å². The van der Waals surface area contributed by atoms with E-state index in [1.54, 1.807) is 0 Å². The van der Waals surface area contributed by atoms with Crippen LogP contribution in [0.2, 0.25) is 0 Å². The molecule has 2 aliphatic carbocycles. The van der Waals surface area contributed by atoms with Gasteiger partial charge in [-0.3, -0.25) is 4.79 Å². The number of nitrogens with one attached hydrogen (secondary N) is 2. The Morgan fingerprint density at radius 2 is 1.79 bits per heavy atom. The predicted octanol–water partition coefficient (Wildman–Crippen LogP) is 2.35. The van der Waals surface area contributed by atoms with Crippen LogP contribution in [0.5, 0.6) is 0 Å². The number of carbonyl (C=O) groups is 1. The summed E-state index contributed by atoms with van der Waals surface area (Å²) in [5, 5.41) is 6.64. The number of carbonyl (C=O) groups excluding carboxylic acids is 1. The monoisotopic (exact) mass is 286 g/mol. The minimum atomic E-state index is 0. The molecule has 1 heterocycles. The van der Waals surface area contributed by atoms with Crippen molar-refractivity contribution in [1.82, 2.24) is 10.6 Å². The molecule has 0 spiro atoms. The van der Waals surface area contributed by atoms with E-state index in [1.165, 1.54) is 38.5 Å². The van der Waals surface area contributed by atoms with E-state index >= 15 is 0 Å². The number of amides is 1. The van der Waals surface area contributed by atoms with Gasteiger partial charge in [0.2, 0.25) is 5.91 Å². The van der Waals surface area contributed by atoms with E-state index in [4.69, 9.17) is 0 Å². The van der Waals surface area contributed by atoms with Crippen LogP contribution >= 0.6 is 12.4 Å². The summed E-state index contributed by atoms with van der Waals surface area (Å²) >= 11 is 0. The Balaban J connectivity index is 0.00000133. The molecule has 19 heavy (non-hydrogen) atoms. The number of fused-ring (bicyclic) bond motifs is 1. The average molecular weight is 287 g/mol. The van der Waals surface area contributed by atoms with E-state index in [0.29, 0.717) is 17.2 Å². The molecule has 1 aliphatic heterocycles. The number of rotatable bonds is 3. The van der Waals surface area contributed by atoms with E-state index in [0.717, 1.165) is 31.5 Å². The van der Waals surface area contributed by atoms with Crippen molar-refractivity contribution in [2.24, 2.45) is 23.2 Å². The molecule has 1 saturated heterocycles. The lowest BCUT2D eigenvalue weighted by Crippen LogP contribution is -2.43. The standard InChI is InChI=1S/C15H26N2O.ClH/c1-15(6-8-16-9-7-15)10-17-14(18)13-11-4-2-3-5-12(11)13;/h11-13,16H,2-10H2,1H3,(H,17,18);1H. The van der Waals surface area contributed by atoms with E-state index in [1.807, 2.05) is 0 Å². The van der Waals surface area contributed by atoms with Crippen molar-refractivity contribution < 1.29 is 4.79 Å². The first-order valence-corrected chi connectivity index (χ1v) is 7.68. The van der Waals surface area contributed by atoms with Crippen molar-refractivity contribution in [2.75, 3.05) is 19.6 Å². The topological polar surface area (TPSA) is 41.1 Å². The van der Waals surface area contributed by atoms with Crippen LogP contribution in [-0.4, -0.2) is 25.5 Å². The fraction of sp³-hybridized carbons (Fsp3) is 0.933. The van der Waals surface area contributed by atoms with Crippen LogP contribution in [0.3, 0.4) is 0 Å². The fourth-order valence-electron chi connectivity index (χ4n) is 4.01. The maximum atomic E-state index is 12.2. The number of piperidine rings is 1. The second kappa shape index (κ2) is 6.01. The molecule has 3 nitrogen and oxygen atoms in total. The molecule has 0 radical (unpaired) electrons. The first-order valence-electron chi connectivity index (χ1n) is 7.68. The molecule has 2 unspecified atom stereocenters. The van der Waals surface area contributed by atoms with Gasteiger partial charge in [0.25, 0.3) is 0 Å². The minimum absolute atomic E-state index is 0. The summed E-state index contributed by atoms with van der Waals surface area (Å²) in [6.45, 7) is 5.39. The molecule has 1 amide bonds. The van der Waals surface area contributed by atoms with Gasteiger partial charge >= 0.3 is 0 Å². The lowest BCUT2D eigenvalue weighted by molar-refractivity contribution is -0.123. The predicted molar refractivity (Wildman–Crippen MR) is 79.4 cm³/mol. The van der Waals surface area contributed by atoms with E-state index in [-0.39, 0.29) is 12.4 Å². The Bertz CT molecular complexity index is 316. The lowest BCUT2D eigenvalue weighted by Gasteiger charge is -2.34. The third kappa shape index (κ3) is 3.25. The van der Waals surface area contributed by atoms with Crippen LogP contribution in [0.25, 0.3) is 0 Å². The van der Waals surface area contributed by atoms with Gasteiger partial charge in [-0.25, -0.2) is 0 Å². The summed E-state index contributed by atoms with van der Waals surface area (Å²) in [5.41, 5.74) is 0.320. The highest BCUT2D eigenvalue weighted by Gasteiger charge is 2.54. The van der Waals surface area contributed by atoms with Crippen molar-refractivity contribution in [3.05, 3.63) is 0 Å². The van der Waals surface area contributed by atoms with Crippen molar-refractivity contribution in [3.8, 4) is 0 Å². The molecule has 2 N–H and O–H groups in total. The van der Waals surface area contributed by atoms with Gasteiger partial charge in [0.15, 0.2) is 0 Å². The van der Waals surface area contributed by atoms with Gasteiger partial charge in [-0.05, 0) is 56.0 Å². The van der Waals surface area contributed by atoms with Gasteiger partial charge in [-0.2, -0.15) is 0 Å². The molecular weight excluding hydrogens is 260 g/mol. The molecule has 3 aliphatic rings. The molecule has 2 saturated carbocycles. The Morgan fingerprint density at radius 3 is 2.37 bits per heavy atom. The quantitative estimate of drug-likeness (QED) is 0.836. The number of hydrogen-bond donors (Lipinski definition) is 2. The fourth-order valence-corrected chi connectivity index (χ4v) is 4.01. The van der Waals surface area contributed by atoms with Gasteiger partial charge in [-0.15, -0.1) is 12.4 Å². The zero-order valence-electron chi connectivity index (χ0n) is 11.9. The summed E-state index contributed by atoms with van der Waals surface area (Å²) in [6.07, 6.45) is 7.64. The molecule has 110 valence electrons. The normalized spacial score (nSPS) is 35.7. The van der Waals surface area contributed by atoms with Crippen LogP contribution in [0, 0.1) is 23.2 Å². The molecule has 3 fully saturated rings. The van der Waals surface area contributed by atoms with Crippen molar-refractivity contribution in [1.29, 1.82) is 0 Å². The van der Waals surface area contributed by atoms with Gasteiger partial charge < -0.3 is 10.6 Å². The average Bonchev–Trinajstić information content (AvgIpc) is 3.11. The first-order chi connectivity index (χ1) is 8.70. The summed E-state index contributed by atoms with van der Waals surface area (Å²) in [6, 6.07) is 0. The van der Waals surface area contributed by atoms with Crippen LogP contribution in [0.1, 0.15) is 45.4 Å². The zero-order chi connectivity index (χ0) is 12.6. The van der Waals surface area contributed by atoms with Gasteiger partial charge in [0.05, 0.1) is 0 Å². The van der Waals surface area contributed by atoms with Gasteiger partial charge in [-0.1, -0.05) is 19.8 Å². The van der Waals surface area contributed by atoms with Crippen molar-refractivity contribution >= 4 is 18.3 Å². The van der Waals surface area contributed by atoms with Crippen LogP contribution in [0.4, 0.5) is 0 Å². The van der Waals surface area contributed by atoms with Gasteiger partial charge in [0.1, 0.15) is 0 Å². The largest absolute Gasteiger partial charge is 0.355 e. The molecule has 0 bridgehead atoms. The Kier molecular flexibility index (Phi) is 4.78. The highest BCUT2D eigenvalue weighted by atomic mass is 35.5. The highest BCUT2D eigenvalue weighted by Crippen LogP contribution is 2.55. The van der Waals surface area contributed by atoms with E-state index in [2.05, 4.69) is 17.6 Å². The van der Waals surface area contributed by atoms with E-state index in [9.17, 15) is 4.79 Å². The molecule has 2 atom stereocenters. The molecular formula is C15H27ClN2O. The highest BCUT2D eigenvalue weighted by molar-refractivity contribution is 5.85. The minimum Gasteiger partial charge on any atom is -0.355 e. The Hall–Kier alpha value is -0.280. The third-order valence-electron chi connectivity index (χ3n) is 5.46. The SMILES string of the molecule is CC1(CNC(=O)C2C3CCCCC32)CCNCC1.Cl. The maximum Gasteiger partial charge on any atom is 0.223 e. The van der Waals surface area contributed by atoms with Crippen molar-refractivity contribution in [2.45, 2.75) is 45.4 Å². The maximum absolute atomic E-state index is 12.2. The molecule has 3 rings (SSSR count). The zero-order valence-corrected chi connectivity index (χ0v) is 12.7. The summed E-state index contributed by atoms with van der Waals surface area (Å²) < 4.78 is 0. The molecule has 0 aromatic rings. The van der Waals surface area contributed by atoms with Gasteiger partial charge in [0, 0.05) is 12.5 Å². The Morgan fingerprint density at radius 1 is 1.21 bits per heavy atom. The first kappa shape index (κ1) is 15.1. The molecule has 0 aromatic carbocycles. The summed E-state index contributed by atoms with van der Waals surface area (Å²) in [4.78, 5) is 12.2. The van der Waals surface area contributed by atoms with Crippen LogP contribution < -0.4 is 10.6 Å². The molecule has 4 heteroatoms. The number of halogens is 1. The third-order valence-corrected chi connectivity index (χ3v) is 5.46. The lowest BCUT2D eigenvalue weighted by atomic mass is 9.81. The number of hydrogen-bond acceptors (Lipinski definition) is 2. The molecule has 0 aromatic heterocycles. The Labute approximate surface area is 122 Å². The summed E-state index contributed by atoms with van der Waals surface area (Å²) in [7, 11) is 0.